The van der Waals surface area contributed by atoms with E-state index in [1.165, 1.54) is 11.8 Å². The van der Waals surface area contributed by atoms with E-state index in [1.807, 2.05) is 36.4 Å². The third kappa shape index (κ3) is 14.0. The zero-order valence-electron chi connectivity index (χ0n) is 41.8. The molecule has 0 spiro atoms. The summed E-state index contributed by atoms with van der Waals surface area (Å²) in [6.07, 6.45) is 10.7. The Balaban J connectivity index is 0.000000216. The van der Waals surface area contributed by atoms with Gasteiger partial charge in [-0.15, -0.1) is 11.8 Å². The van der Waals surface area contributed by atoms with Crippen LogP contribution in [0.2, 0.25) is 0 Å². The lowest BCUT2D eigenvalue weighted by Gasteiger charge is -2.42. The Morgan fingerprint density at radius 1 is 0.730 bits per heavy atom. The second kappa shape index (κ2) is 26.5. The summed E-state index contributed by atoms with van der Waals surface area (Å²) < 4.78 is 119. The van der Waals surface area contributed by atoms with Crippen LogP contribution in [0.1, 0.15) is 80.0 Å². The molecule has 2 saturated heterocycles. The van der Waals surface area contributed by atoms with Gasteiger partial charge in [-0.3, -0.25) is 9.97 Å². The molecule has 6 aromatic rings. The number of nitrogens with zero attached hydrogens (tertiary/aromatic N) is 3. The van der Waals surface area contributed by atoms with Crippen LogP contribution in [-0.2, 0) is 26.2 Å². The summed E-state index contributed by atoms with van der Waals surface area (Å²) in [7, 11) is 3.19. The van der Waals surface area contributed by atoms with Gasteiger partial charge in [0, 0.05) is 76.8 Å². The number of halogens is 8. The standard InChI is InChI=1S/C28H33F4N3O2.C28H32F4N2O2S/c1-37-21-4-5-26-23(15-21)22(19(16-29)17-34-26)3-2-6-28(18-36)7-10-35(11-8-28)12-9-33-27-24(31)13-20(30)14-25(27)32;1-36-19-4-5-25-22(13-19)21(18(16-29)17-34-25)3-2-7-28(8-10-33-11-9-28)26(35)6-12-37-20-14-23(30)27(32)24(31)15-20/h4-5,13-15,17,33,36H,2-3,6-12,16,18H2,1H3;4-5,13-15,17,26,33,35H,2-3,6-12,16H2,1H3. The van der Waals surface area contributed by atoms with Crippen LogP contribution in [-0.4, -0.2) is 97.0 Å². The van der Waals surface area contributed by atoms with Gasteiger partial charge in [-0.1, -0.05) is 0 Å². The summed E-state index contributed by atoms with van der Waals surface area (Å²) in [5, 5.41) is 29.3. The number of aliphatic hydroxyl groups excluding tert-OH is 2. The first-order chi connectivity index (χ1) is 35.7. The highest BCUT2D eigenvalue weighted by Crippen LogP contribution is 2.42. The van der Waals surface area contributed by atoms with E-state index >= 15 is 0 Å². The fourth-order valence-corrected chi connectivity index (χ4v) is 11.5. The first-order valence-electron chi connectivity index (χ1n) is 25.1. The molecular weight excluding hydrogens is 991 g/mol. The summed E-state index contributed by atoms with van der Waals surface area (Å²) in [5.41, 5.74) is 3.74. The number of thioether (sulfide) groups is 1. The molecule has 1 unspecified atom stereocenters. The third-order valence-electron chi connectivity index (χ3n) is 15.0. The molecule has 8 rings (SSSR count). The second-order valence-corrected chi connectivity index (χ2v) is 20.6. The van der Waals surface area contributed by atoms with Crippen LogP contribution in [0.25, 0.3) is 21.8 Å². The zero-order valence-corrected chi connectivity index (χ0v) is 42.7. The Hall–Kier alpha value is -5.27. The summed E-state index contributed by atoms with van der Waals surface area (Å²) in [4.78, 5) is 11.2. The van der Waals surface area contributed by atoms with Crippen molar-refractivity contribution >= 4 is 39.3 Å². The van der Waals surface area contributed by atoms with Gasteiger partial charge in [-0.2, -0.15) is 0 Å². The number of ether oxygens (including phenoxy) is 2. The van der Waals surface area contributed by atoms with E-state index < -0.39 is 54.4 Å². The highest BCUT2D eigenvalue weighted by Gasteiger charge is 2.38. The van der Waals surface area contributed by atoms with Crippen molar-refractivity contribution in [1.82, 2.24) is 20.2 Å². The fraction of sp³-hybridized carbons (Fsp3) is 0.464. The quantitative estimate of drug-likeness (QED) is 0.0298. The lowest BCUT2D eigenvalue weighted by atomic mass is 9.69. The molecule has 400 valence electrons. The van der Waals surface area contributed by atoms with Crippen molar-refractivity contribution in [2.24, 2.45) is 10.8 Å². The number of rotatable bonds is 22. The van der Waals surface area contributed by atoms with Gasteiger partial charge in [-0.25, -0.2) is 35.1 Å². The molecule has 4 aromatic carbocycles. The van der Waals surface area contributed by atoms with Crippen molar-refractivity contribution in [1.29, 1.82) is 0 Å². The molecular formula is C56H65F8N5O4S. The van der Waals surface area contributed by atoms with Crippen molar-refractivity contribution in [3.63, 3.8) is 0 Å². The van der Waals surface area contributed by atoms with E-state index in [0.29, 0.717) is 77.8 Å². The number of methoxy groups -OCH3 is 2. The Labute approximate surface area is 431 Å². The number of alkyl halides is 2. The Kier molecular flexibility index (Phi) is 20.2. The second-order valence-electron chi connectivity index (χ2n) is 19.4. The molecule has 0 aliphatic carbocycles. The summed E-state index contributed by atoms with van der Waals surface area (Å²) in [5.74, 6) is -4.93. The number of benzene rings is 4. The molecule has 2 aromatic heterocycles. The molecule has 2 aliphatic rings. The molecule has 0 saturated carbocycles. The van der Waals surface area contributed by atoms with Crippen molar-refractivity contribution in [2.45, 2.75) is 95.0 Å². The molecule has 0 radical (unpaired) electrons. The van der Waals surface area contributed by atoms with Crippen LogP contribution in [0.4, 0.5) is 40.8 Å². The van der Waals surface area contributed by atoms with Gasteiger partial charge >= 0.3 is 0 Å². The molecule has 1 atom stereocenters. The van der Waals surface area contributed by atoms with Gasteiger partial charge in [0.25, 0.3) is 0 Å². The number of aliphatic hydroxyl groups is 2. The average molecular weight is 1060 g/mol. The highest BCUT2D eigenvalue weighted by molar-refractivity contribution is 7.99. The number of pyridine rings is 2. The molecule has 2 fully saturated rings. The molecule has 2 aliphatic heterocycles. The van der Waals surface area contributed by atoms with Crippen LogP contribution < -0.4 is 20.1 Å². The summed E-state index contributed by atoms with van der Waals surface area (Å²) >= 11 is 1.20. The number of fused-ring (bicyclic) bond motifs is 2. The van der Waals surface area contributed by atoms with E-state index in [9.17, 15) is 45.3 Å². The highest BCUT2D eigenvalue weighted by atomic mass is 32.2. The van der Waals surface area contributed by atoms with E-state index in [0.717, 1.165) is 123 Å². The van der Waals surface area contributed by atoms with Crippen molar-refractivity contribution in [3.8, 4) is 11.5 Å². The minimum absolute atomic E-state index is 0.0754. The van der Waals surface area contributed by atoms with Crippen LogP contribution in [0.5, 0.6) is 11.5 Å². The lowest BCUT2D eigenvalue weighted by Crippen LogP contribution is -2.44. The predicted molar refractivity (Wildman–Crippen MR) is 274 cm³/mol. The number of anilines is 1. The number of nitrogens with one attached hydrogen (secondary N) is 2. The number of hydrogen-bond donors (Lipinski definition) is 4. The first kappa shape index (κ1) is 56.5. The van der Waals surface area contributed by atoms with Crippen LogP contribution in [0, 0.1) is 45.7 Å². The van der Waals surface area contributed by atoms with Crippen molar-refractivity contribution in [3.05, 3.63) is 130 Å². The van der Waals surface area contributed by atoms with E-state index in [4.69, 9.17) is 9.47 Å². The molecule has 0 bridgehead atoms. The average Bonchev–Trinajstić information content (AvgIpc) is 3.41. The maximum Gasteiger partial charge on any atom is 0.194 e. The fourth-order valence-electron chi connectivity index (χ4n) is 10.5. The minimum Gasteiger partial charge on any atom is -0.497 e. The molecule has 4 heterocycles. The van der Waals surface area contributed by atoms with Gasteiger partial charge in [0.05, 0.1) is 31.4 Å². The zero-order chi connectivity index (χ0) is 52.8. The predicted octanol–water partition coefficient (Wildman–Crippen LogP) is 12.0. The number of aryl methyl sites for hydroxylation is 2. The van der Waals surface area contributed by atoms with E-state index in [2.05, 4.69) is 25.5 Å². The summed E-state index contributed by atoms with van der Waals surface area (Å²) in [6, 6.07) is 14.5. The Bertz CT molecular complexity index is 2760. The molecule has 4 N–H and O–H groups in total. The van der Waals surface area contributed by atoms with Gasteiger partial charge in [-0.05, 0) is 167 Å². The molecule has 74 heavy (non-hydrogen) atoms. The maximum atomic E-state index is 13.8. The minimum atomic E-state index is -1.48. The van der Waals surface area contributed by atoms with Gasteiger partial charge in [0.2, 0.25) is 0 Å². The molecule has 9 nitrogen and oxygen atoms in total. The van der Waals surface area contributed by atoms with Gasteiger partial charge < -0.3 is 35.2 Å². The number of hydrogen-bond acceptors (Lipinski definition) is 10. The number of aromatic nitrogens is 2. The van der Waals surface area contributed by atoms with Crippen LogP contribution in [0.15, 0.2) is 78.0 Å². The van der Waals surface area contributed by atoms with Crippen molar-refractivity contribution in [2.75, 3.05) is 71.2 Å². The SMILES string of the molecule is COc1ccc2ncc(CF)c(CCCC3(C(O)CCSc4cc(F)c(F)c(F)c4)CCNCC3)c2c1.COc1ccc2ncc(CF)c(CCCC3(CO)CCN(CCNc4c(F)cc(F)cc4F)CC3)c2c1. The Morgan fingerprint density at radius 3 is 1.78 bits per heavy atom. The number of likely N-dealkylation sites (tertiary alicyclic amines) is 1. The van der Waals surface area contributed by atoms with Crippen LogP contribution >= 0.6 is 11.8 Å². The number of piperidine rings is 2. The van der Waals surface area contributed by atoms with Gasteiger partial charge in [0.15, 0.2) is 29.1 Å². The van der Waals surface area contributed by atoms with Gasteiger partial charge in [0.1, 0.15) is 36.4 Å². The smallest absolute Gasteiger partial charge is 0.194 e. The van der Waals surface area contributed by atoms with Crippen LogP contribution in [0.3, 0.4) is 0 Å². The molecule has 0 amide bonds. The van der Waals surface area contributed by atoms with E-state index in [1.54, 1.807) is 26.6 Å². The normalized spacial score (nSPS) is 15.9. The summed E-state index contributed by atoms with van der Waals surface area (Å²) in [6.45, 7) is 2.87. The third-order valence-corrected chi connectivity index (χ3v) is 16.0. The van der Waals surface area contributed by atoms with Crippen molar-refractivity contribution < 1.29 is 54.8 Å². The topological polar surface area (TPSA) is 112 Å². The lowest BCUT2D eigenvalue weighted by molar-refractivity contribution is -0.00829. The largest absolute Gasteiger partial charge is 0.497 e. The Morgan fingerprint density at radius 2 is 1.27 bits per heavy atom. The molecule has 18 heteroatoms. The van der Waals surface area contributed by atoms with E-state index in [-0.39, 0.29) is 23.1 Å². The first-order valence-corrected chi connectivity index (χ1v) is 26.1. The maximum absolute atomic E-state index is 13.8. The monoisotopic (exact) mass is 1060 g/mol.